The van der Waals surface area contributed by atoms with Crippen LogP contribution in [0.4, 0.5) is 5.82 Å². The molecule has 0 radical (unpaired) electrons. The van der Waals surface area contributed by atoms with E-state index in [0.29, 0.717) is 6.04 Å². The summed E-state index contributed by atoms with van der Waals surface area (Å²) in [4.78, 5) is 0. The maximum atomic E-state index is 4.41. The van der Waals surface area contributed by atoms with Crippen molar-refractivity contribution in [1.82, 2.24) is 15.5 Å². The van der Waals surface area contributed by atoms with E-state index in [9.17, 15) is 0 Å². The first-order chi connectivity index (χ1) is 9.90. The lowest BCUT2D eigenvalue weighted by Crippen LogP contribution is -2.16. The van der Waals surface area contributed by atoms with E-state index in [1.54, 1.807) is 0 Å². The van der Waals surface area contributed by atoms with Crippen LogP contribution < -0.4 is 10.6 Å². The minimum atomic E-state index is 0.614. The largest absolute Gasteiger partial charge is 0.366 e. The Hall–Kier alpha value is -1.16. The Morgan fingerprint density at radius 1 is 1.00 bits per heavy atom. The molecule has 1 aromatic heterocycles. The molecular formula is C16H26N4. The first kappa shape index (κ1) is 13.8. The van der Waals surface area contributed by atoms with E-state index in [-0.39, 0.29) is 0 Å². The number of anilines is 1. The molecule has 1 atom stereocenters. The topological polar surface area (TPSA) is 49.8 Å². The first-order valence-corrected chi connectivity index (χ1v) is 8.20. The van der Waals surface area contributed by atoms with Crippen LogP contribution in [0.2, 0.25) is 0 Å². The number of nitrogens with one attached hydrogen (secondary N) is 2. The predicted octanol–water partition coefficient (Wildman–Crippen LogP) is 2.76. The zero-order valence-corrected chi connectivity index (χ0v) is 12.3. The lowest BCUT2D eigenvalue weighted by Gasteiger charge is -2.14. The highest BCUT2D eigenvalue weighted by atomic mass is 15.2. The van der Waals surface area contributed by atoms with Gasteiger partial charge in [-0.3, -0.25) is 0 Å². The summed E-state index contributed by atoms with van der Waals surface area (Å²) in [6.45, 7) is 2.33. The van der Waals surface area contributed by atoms with Crippen molar-refractivity contribution in [3.63, 3.8) is 0 Å². The highest BCUT2D eigenvalue weighted by molar-refractivity contribution is 5.34. The van der Waals surface area contributed by atoms with Gasteiger partial charge in [-0.1, -0.05) is 12.8 Å². The molecule has 20 heavy (non-hydrogen) atoms. The molecule has 0 spiro atoms. The number of aromatic nitrogens is 2. The SMILES string of the molecule is c1cc(NC2CCCC2)nnc1C[C@H]1CCCNCC1. The molecule has 4 heteroatoms. The Morgan fingerprint density at radius 3 is 2.70 bits per heavy atom. The average Bonchev–Trinajstić information content (AvgIpc) is 2.84. The highest BCUT2D eigenvalue weighted by Crippen LogP contribution is 2.22. The maximum absolute atomic E-state index is 4.41. The highest BCUT2D eigenvalue weighted by Gasteiger charge is 2.16. The van der Waals surface area contributed by atoms with Gasteiger partial charge in [0.15, 0.2) is 0 Å². The van der Waals surface area contributed by atoms with Gasteiger partial charge in [0.05, 0.1) is 5.69 Å². The summed E-state index contributed by atoms with van der Waals surface area (Å²) in [5, 5.41) is 15.7. The molecule has 1 saturated carbocycles. The average molecular weight is 274 g/mol. The summed E-state index contributed by atoms with van der Waals surface area (Å²) in [5.74, 6) is 1.72. The molecule has 1 saturated heterocycles. The summed E-state index contributed by atoms with van der Waals surface area (Å²) in [5.41, 5.74) is 1.15. The molecule has 1 aliphatic heterocycles. The van der Waals surface area contributed by atoms with Gasteiger partial charge in [0.2, 0.25) is 0 Å². The Morgan fingerprint density at radius 2 is 1.90 bits per heavy atom. The van der Waals surface area contributed by atoms with E-state index in [2.05, 4.69) is 33.0 Å². The third kappa shape index (κ3) is 3.92. The lowest BCUT2D eigenvalue weighted by molar-refractivity contribution is 0.463. The maximum Gasteiger partial charge on any atom is 0.148 e. The summed E-state index contributed by atoms with van der Waals surface area (Å²) >= 11 is 0. The molecule has 1 aliphatic carbocycles. The Labute approximate surface area is 121 Å². The zero-order chi connectivity index (χ0) is 13.6. The zero-order valence-electron chi connectivity index (χ0n) is 12.3. The van der Waals surface area contributed by atoms with Crippen LogP contribution in [0.25, 0.3) is 0 Å². The number of rotatable bonds is 4. The third-order valence-electron chi connectivity index (χ3n) is 4.62. The fraction of sp³-hybridized carbons (Fsp3) is 0.750. The smallest absolute Gasteiger partial charge is 0.148 e. The molecule has 3 rings (SSSR count). The predicted molar refractivity (Wildman–Crippen MR) is 81.8 cm³/mol. The van der Waals surface area contributed by atoms with Gasteiger partial charge in [-0.2, -0.15) is 5.10 Å². The summed E-state index contributed by atoms with van der Waals surface area (Å²) in [6.07, 6.45) is 10.2. The van der Waals surface area contributed by atoms with Crippen molar-refractivity contribution in [3.05, 3.63) is 17.8 Å². The van der Waals surface area contributed by atoms with Crippen LogP contribution in [0.1, 0.15) is 50.6 Å². The van der Waals surface area contributed by atoms with Crippen LogP contribution in [-0.2, 0) is 6.42 Å². The van der Waals surface area contributed by atoms with Crippen molar-refractivity contribution in [2.24, 2.45) is 5.92 Å². The molecule has 0 bridgehead atoms. The molecule has 2 heterocycles. The molecule has 2 N–H and O–H groups in total. The van der Waals surface area contributed by atoms with Crippen LogP contribution in [-0.4, -0.2) is 29.3 Å². The second kappa shape index (κ2) is 7.02. The number of hydrogen-bond acceptors (Lipinski definition) is 4. The van der Waals surface area contributed by atoms with Crippen LogP contribution in [0, 0.1) is 5.92 Å². The van der Waals surface area contributed by atoms with Crippen molar-refractivity contribution >= 4 is 5.82 Å². The van der Waals surface area contributed by atoms with Crippen molar-refractivity contribution in [3.8, 4) is 0 Å². The normalized spacial score (nSPS) is 24.5. The van der Waals surface area contributed by atoms with Gasteiger partial charge in [-0.25, -0.2) is 0 Å². The minimum absolute atomic E-state index is 0.614. The van der Waals surface area contributed by atoms with E-state index in [1.165, 1.54) is 51.5 Å². The molecule has 2 fully saturated rings. The monoisotopic (exact) mass is 274 g/mol. The summed E-state index contributed by atoms with van der Waals surface area (Å²) in [6, 6.07) is 4.88. The minimum Gasteiger partial charge on any atom is -0.366 e. The van der Waals surface area contributed by atoms with Gasteiger partial charge >= 0.3 is 0 Å². The Balaban J connectivity index is 1.52. The molecule has 2 aliphatic rings. The van der Waals surface area contributed by atoms with Crippen molar-refractivity contribution in [2.75, 3.05) is 18.4 Å². The molecular weight excluding hydrogens is 248 g/mol. The van der Waals surface area contributed by atoms with Crippen LogP contribution >= 0.6 is 0 Å². The molecule has 0 amide bonds. The number of hydrogen-bond donors (Lipinski definition) is 2. The van der Waals surface area contributed by atoms with Gasteiger partial charge < -0.3 is 10.6 Å². The van der Waals surface area contributed by atoms with Crippen LogP contribution in [0.3, 0.4) is 0 Å². The molecule has 1 aromatic rings. The lowest BCUT2D eigenvalue weighted by atomic mass is 9.95. The standard InChI is InChI=1S/C16H26N4/c1-2-6-14(5-1)18-16-8-7-15(19-20-16)12-13-4-3-10-17-11-9-13/h7-8,13-14,17H,1-6,9-12H2,(H,18,20)/t13-/m0/s1. The summed E-state index contributed by atoms with van der Waals surface area (Å²) in [7, 11) is 0. The van der Waals surface area contributed by atoms with Gasteiger partial charge in [0, 0.05) is 6.04 Å². The fourth-order valence-corrected chi connectivity index (χ4v) is 3.42. The van der Waals surface area contributed by atoms with E-state index < -0.39 is 0 Å². The summed E-state index contributed by atoms with van der Waals surface area (Å²) < 4.78 is 0. The van der Waals surface area contributed by atoms with E-state index in [1.807, 2.05) is 0 Å². The van der Waals surface area contributed by atoms with Crippen molar-refractivity contribution < 1.29 is 0 Å². The van der Waals surface area contributed by atoms with Crippen LogP contribution in [0.5, 0.6) is 0 Å². The van der Waals surface area contributed by atoms with Gasteiger partial charge in [0.1, 0.15) is 5.82 Å². The van der Waals surface area contributed by atoms with Gasteiger partial charge in [0.25, 0.3) is 0 Å². The van der Waals surface area contributed by atoms with Gasteiger partial charge in [-0.05, 0) is 69.7 Å². The van der Waals surface area contributed by atoms with E-state index >= 15 is 0 Å². The van der Waals surface area contributed by atoms with Crippen LogP contribution in [0.15, 0.2) is 12.1 Å². The van der Waals surface area contributed by atoms with Gasteiger partial charge in [-0.15, -0.1) is 5.10 Å². The Kier molecular flexibility index (Phi) is 4.85. The molecule has 0 unspecified atom stereocenters. The van der Waals surface area contributed by atoms with E-state index in [0.717, 1.165) is 30.4 Å². The second-order valence-corrected chi connectivity index (χ2v) is 6.29. The Bertz CT molecular complexity index is 389. The molecule has 4 nitrogen and oxygen atoms in total. The second-order valence-electron chi connectivity index (χ2n) is 6.29. The van der Waals surface area contributed by atoms with Crippen molar-refractivity contribution in [2.45, 2.75) is 57.4 Å². The van der Waals surface area contributed by atoms with Crippen molar-refractivity contribution in [1.29, 1.82) is 0 Å². The number of nitrogens with zero attached hydrogens (tertiary/aromatic N) is 2. The quantitative estimate of drug-likeness (QED) is 0.886. The fourth-order valence-electron chi connectivity index (χ4n) is 3.42. The molecule has 110 valence electrons. The molecule has 0 aromatic carbocycles. The van der Waals surface area contributed by atoms with E-state index in [4.69, 9.17) is 0 Å². The third-order valence-corrected chi connectivity index (χ3v) is 4.62. The first-order valence-electron chi connectivity index (χ1n) is 8.20.